The van der Waals surface area contributed by atoms with Crippen molar-refractivity contribution in [3.05, 3.63) is 103 Å². The number of hydrogen-bond donors (Lipinski definition) is 0. The van der Waals surface area contributed by atoms with Gasteiger partial charge >= 0.3 is 5.97 Å². The number of benzene rings is 3. The number of nitro benzene ring substituents is 3. The normalized spacial score (nSPS) is 9.93. The first-order valence-corrected chi connectivity index (χ1v) is 14.3. The van der Waals surface area contributed by atoms with E-state index in [1.165, 1.54) is 48.5 Å². The molecule has 46 heavy (non-hydrogen) atoms. The number of nitro groups is 3. The van der Waals surface area contributed by atoms with Gasteiger partial charge in [-0.15, -0.1) is 0 Å². The van der Waals surface area contributed by atoms with Crippen molar-refractivity contribution in [3.63, 3.8) is 0 Å². The molecule has 0 saturated carbocycles. The van der Waals surface area contributed by atoms with Gasteiger partial charge in [-0.05, 0) is 86.5 Å². The Bertz CT molecular complexity index is 1400. The lowest BCUT2D eigenvalue weighted by atomic mass is 10.2. The lowest BCUT2D eigenvalue weighted by Gasteiger charge is -2.06. The molecule has 0 saturated heterocycles. The van der Waals surface area contributed by atoms with Crippen molar-refractivity contribution >= 4 is 39.9 Å². The van der Waals surface area contributed by atoms with Gasteiger partial charge in [0.25, 0.3) is 17.1 Å². The molecule has 14 nitrogen and oxygen atoms in total. The van der Waals surface area contributed by atoms with Gasteiger partial charge in [-0.2, -0.15) is 0 Å². The number of ether oxygens (including phenoxy) is 3. The van der Waals surface area contributed by atoms with Crippen LogP contribution in [0.2, 0.25) is 0 Å². The van der Waals surface area contributed by atoms with E-state index in [-0.39, 0.29) is 41.9 Å². The third-order valence-corrected chi connectivity index (χ3v) is 6.14. The SMILES string of the molecule is C.O=C(CCCCCOc1ccc([N+](=O)[O-])cc1)Oc1ccc([N+](=O)[O-])cc1.O=C(Cl)CCCCCOc1ccc([N+](=O)[O-])cc1. The van der Waals surface area contributed by atoms with Gasteiger partial charge in [-0.3, -0.25) is 39.9 Å². The highest BCUT2D eigenvalue weighted by molar-refractivity contribution is 6.63. The number of unbranched alkanes of at least 4 members (excludes halogenated alkanes) is 4. The highest BCUT2D eigenvalue weighted by Crippen LogP contribution is 2.20. The van der Waals surface area contributed by atoms with E-state index in [2.05, 4.69) is 0 Å². The molecule has 3 rings (SSSR count). The molecule has 15 heteroatoms. The minimum absolute atomic E-state index is 0. The van der Waals surface area contributed by atoms with Crippen LogP contribution in [0.3, 0.4) is 0 Å². The topological polar surface area (TPSA) is 191 Å². The molecule has 0 fully saturated rings. The lowest BCUT2D eigenvalue weighted by Crippen LogP contribution is -2.08. The fourth-order valence-electron chi connectivity index (χ4n) is 3.62. The zero-order valence-corrected chi connectivity index (χ0v) is 25.0. The first-order valence-electron chi connectivity index (χ1n) is 13.9. The smallest absolute Gasteiger partial charge is 0.311 e. The van der Waals surface area contributed by atoms with Crippen molar-refractivity contribution in [1.82, 2.24) is 0 Å². The van der Waals surface area contributed by atoms with Crippen LogP contribution >= 0.6 is 11.6 Å². The minimum atomic E-state index is -0.523. The van der Waals surface area contributed by atoms with Crippen molar-refractivity contribution in [1.29, 1.82) is 0 Å². The van der Waals surface area contributed by atoms with Gasteiger partial charge in [-0.1, -0.05) is 7.43 Å². The summed E-state index contributed by atoms with van der Waals surface area (Å²) in [5.74, 6) is 1.03. The molecule has 0 aliphatic rings. The Hall–Kier alpha value is -5.11. The molecule has 0 radical (unpaired) electrons. The molecular weight excluding hydrogens is 626 g/mol. The summed E-state index contributed by atoms with van der Waals surface area (Å²) in [7, 11) is 0. The molecule has 0 bridgehead atoms. The number of nitrogens with zero attached hydrogens (tertiary/aromatic N) is 3. The van der Waals surface area contributed by atoms with Crippen molar-refractivity contribution < 1.29 is 38.6 Å². The highest BCUT2D eigenvalue weighted by Gasteiger charge is 2.09. The maximum absolute atomic E-state index is 11.7. The van der Waals surface area contributed by atoms with Gasteiger partial charge in [0, 0.05) is 49.2 Å². The summed E-state index contributed by atoms with van der Waals surface area (Å²) < 4.78 is 16.0. The number of hydrogen-bond acceptors (Lipinski definition) is 11. The number of carbonyl (C=O) groups excluding carboxylic acids is 2. The second-order valence-corrected chi connectivity index (χ2v) is 9.82. The van der Waals surface area contributed by atoms with Crippen LogP contribution in [0.4, 0.5) is 17.1 Å². The number of rotatable bonds is 18. The van der Waals surface area contributed by atoms with Crippen LogP contribution in [0.5, 0.6) is 17.2 Å². The van der Waals surface area contributed by atoms with Crippen LogP contribution < -0.4 is 14.2 Å². The van der Waals surface area contributed by atoms with E-state index in [1.54, 1.807) is 24.3 Å². The average molecular weight is 662 g/mol. The molecular formula is C31H36ClN3O11. The standard InChI is InChI=1S/C18H18N2O7.C12H14ClNO4.CH4/c21-18(27-17-11-7-15(8-12-17)20(24)25)4-2-1-3-13-26-16-9-5-14(6-10-16)19(22)23;13-12(15)4-2-1-3-9-18-11-7-5-10(6-8-11)14(16)17;/h5-12H,1-4,13H2;5-8H,1-4,9H2;1H4. The zero-order chi connectivity index (χ0) is 33.0. The van der Waals surface area contributed by atoms with Gasteiger partial charge in [-0.25, -0.2) is 0 Å². The van der Waals surface area contributed by atoms with E-state index in [1.807, 2.05) is 0 Å². The number of carbonyl (C=O) groups is 2. The van der Waals surface area contributed by atoms with Gasteiger partial charge < -0.3 is 14.2 Å². The van der Waals surface area contributed by atoms with Crippen LogP contribution in [-0.4, -0.2) is 39.2 Å². The molecule has 3 aromatic rings. The number of esters is 1. The predicted octanol–water partition coefficient (Wildman–Crippen LogP) is 7.98. The van der Waals surface area contributed by atoms with E-state index in [0.29, 0.717) is 37.6 Å². The van der Waals surface area contributed by atoms with E-state index >= 15 is 0 Å². The van der Waals surface area contributed by atoms with Gasteiger partial charge in [0.2, 0.25) is 5.24 Å². The second kappa shape index (κ2) is 21.6. The minimum Gasteiger partial charge on any atom is -0.494 e. The largest absolute Gasteiger partial charge is 0.494 e. The molecule has 0 atom stereocenters. The van der Waals surface area contributed by atoms with Crippen LogP contribution in [0, 0.1) is 30.3 Å². The molecule has 0 amide bonds. The molecule has 248 valence electrons. The van der Waals surface area contributed by atoms with Gasteiger partial charge in [0.15, 0.2) is 0 Å². The Labute approximate surface area is 270 Å². The summed E-state index contributed by atoms with van der Waals surface area (Å²) in [6.45, 7) is 0.962. The number of non-ortho nitro benzene ring substituents is 3. The summed E-state index contributed by atoms with van der Waals surface area (Å²) in [5, 5.41) is 31.2. The van der Waals surface area contributed by atoms with Gasteiger partial charge in [0.05, 0.1) is 28.0 Å². The van der Waals surface area contributed by atoms with Crippen LogP contribution in [-0.2, 0) is 9.59 Å². The summed E-state index contributed by atoms with van der Waals surface area (Å²) in [4.78, 5) is 52.3. The second-order valence-electron chi connectivity index (χ2n) is 9.40. The maximum atomic E-state index is 11.7. The van der Waals surface area contributed by atoms with E-state index in [9.17, 15) is 39.9 Å². The first-order chi connectivity index (χ1) is 21.5. The third-order valence-electron chi connectivity index (χ3n) is 5.95. The molecule has 0 N–H and O–H groups in total. The third kappa shape index (κ3) is 16.1. The molecule has 0 heterocycles. The van der Waals surface area contributed by atoms with E-state index in [4.69, 9.17) is 25.8 Å². The van der Waals surface area contributed by atoms with Gasteiger partial charge in [0.1, 0.15) is 17.2 Å². The Kier molecular flexibility index (Phi) is 18.2. The Morgan fingerprint density at radius 1 is 0.543 bits per heavy atom. The Morgan fingerprint density at radius 3 is 1.24 bits per heavy atom. The van der Waals surface area contributed by atoms with E-state index in [0.717, 1.165) is 32.1 Å². The molecule has 0 unspecified atom stereocenters. The maximum Gasteiger partial charge on any atom is 0.311 e. The van der Waals surface area contributed by atoms with Crippen molar-refractivity contribution in [2.45, 2.75) is 58.8 Å². The molecule has 0 spiro atoms. The van der Waals surface area contributed by atoms with Crippen LogP contribution in [0.1, 0.15) is 58.8 Å². The fourth-order valence-corrected chi connectivity index (χ4v) is 3.75. The molecule has 3 aromatic carbocycles. The summed E-state index contributed by atoms with van der Waals surface area (Å²) >= 11 is 5.20. The summed E-state index contributed by atoms with van der Waals surface area (Å²) in [6.07, 6.45) is 5.16. The predicted molar refractivity (Wildman–Crippen MR) is 170 cm³/mol. The quantitative estimate of drug-likeness (QED) is 0.0320. The average Bonchev–Trinajstić information content (AvgIpc) is 3.01. The fraction of sp³-hybridized carbons (Fsp3) is 0.355. The van der Waals surface area contributed by atoms with Crippen molar-refractivity contribution in [3.8, 4) is 17.2 Å². The zero-order valence-electron chi connectivity index (χ0n) is 24.2. The molecule has 0 aliphatic carbocycles. The monoisotopic (exact) mass is 661 g/mol. The highest BCUT2D eigenvalue weighted by atomic mass is 35.5. The first kappa shape index (κ1) is 38.9. The van der Waals surface area contributed by atoms with Crippen LogP contribution in [0.15, 0.2) is 72.8 Å². The van der Waals surface area contributed by atoms with E-state index < -0.39 is 20.7 Å². The van der Waals surface area contributed by atoms with Crippen molar-refractivity contribution in [2.24, 2.45) is 0 Å². The van der Waals surface area contributed by atoms with Crippen LogP contribution in [0.25, 0.3) is 0 Å². The number of halogens is 1. The summed E-state index contributed by atoms with van der Waals surface area (Å²) in [6, 6.07) is 17.1. The Morgan fingerprint density at radius 2 is 0.891 bits per heavy atom. The molecule has 0 aromatic heterocycles. The Balaban J connectivity index is 0.000000487. The lowest BCUT2D eigenvalue weighted by molar-refractivity contribution is -0.385. The summed E-state index contributed by atoms with van der Waals surface area (Å²) in [5.41, 5.74) is -0.0142. The molecule has 0 aliphatic heterocycles. The van der Waals surface area contributed by atoms with Crippen molar-refractivity contribution in [2.75, 3.05) is 13.2 Å².